The average molecular weight is 358 g/mol. The number of halogens is 1. The van der Waals surface area contributed by atoms with Gasteiger partial charge in [0.1, 0.15) is 5.75 Å². The van der Waals surface area contributed by atoms with Gasteiger partial charge in [0.25, 0.3) is 0 Å². The number of amides is 1. The van der Waals surface area contributed by atoms with Crippen LogP contribution in [0, 0.1) is 0 Å². The molecule has 3 aromatic rings. The van der Waals surface area contributed by atoms with Gasteiger partial charge in [-0.05, 0) is 30.2 Å². The molecule has 25 heavy (non-hydrogen) atoms. The number of hydrogen-bond acceptors (Lipinski definition) is 3. The quantitative estimate of drug-likeness (QED) is 0.704. The van der Waals surface area contributed by atoms with Crippen LogP contribution in [0.4, 0.5) is 0 Å². The lowest BCUT2D eigenvalue weighted by Gasteiger charge is -2.09. The molecule has 3 rings (SSSR count). The van der Waals surface area contributed by atoms with E-state index in [1.165, 1.54) is 0 Å². The van der Waals surface area contributed by atoms with Crippen molar-refractivity contribution in [2.45, 2.75) is 19.4 Å². The summed E-state index contributed by atoms with van der Waals surface area (Å²) in [6.07, 6.45) is 2.84. The van der Waals surface area contributed by atoms with Crippen LogP contribution in [0.1, 0.15) is 12.0 Å². The summed E-state index contributed by atoms with van der Waals surface area (Å²) < 4.78 is 7.12. The van der Waals surface area contributed by atoms with Gasteiger partial charge in [0.2, 0.25) is 5.91 Å². The summed E-state index contributed by atoms with van der Waals surface area (Å²) in [4.78, 5) is 12.1. The normalized spacial score (nSPS) is 10.8. The van der Waals surface area contributed by atoms with Gasteiger partial charge in [0.15, 0.2) is 0 Å². The molecule has 1 aromatic heterocycles. The van der Waals surface area contributed by atoms with E-state index in [1.807, 2.05) is 42.5 Å². The number of nitrogens with zero attached hydrogens (tertiary/aromatic N) is 2. The van der Waals surface area contributed by atoms with Crippen LogP contribution in [0.15, 0.2) is 48.7 Å². The number of para-hydroxylation sites is 1. The Morgan fingerprint density at radius 1 is 1.24 bits per heavy atom. The molecule has 130 valence electrons. The van der Waals surface area contributed by atoms with Gasteiger partial charge in [-0.2, -0.15) is 5.10 Å². The van der Waals surface area contributed by atoms with Crippen molar-refractivity contribution >= 4 is 28.4 Å². The Hall–Kier alpha value is -2.53. The number of fused-ring (bicyclic) bond motifs is 1. The van der Waals surface area contributed by atoms with E-state index in [0.717, 1.165) is 28.6 Å². The third-order valence-corrected chi connectivity index (χ3v) is 4.42. The zero-order valence-electron chi connectivity index (χ0n) is 14.0. The Kier molecular flexibility index (Phi) is 5.56. The van der Waals surface area contributed by atoms with Gasteiger partial charge in [-0.25, -0.2) is 0 Å². The summed E-state index contributed by atoms with van der Waals surface area (Å²) in [5.74, 6) is 0.845. The highest BCUT2D eigenvalue weighted by molar-refractivity contribution is 6.35. The van der Waals surface area contributed by atoms with Crippen molar-refractivity contribution in [3.8, 4) is 5.75 Å². The summed E-state index contributed by atoms with van der Waals surface area (Å²) in [7, 11) is 1.65. The minimum Gasteiger partial charge on any atom is -0.496 e. The zero-order valence-corrected chi connectivity index (χ0v) is 14.8. The molecule has 0 saturated carbocycles. The number of nitrogens with one attached hydrogen (secondary N) is 1. The number of aromatic nitrogens is 2. The van der Waals surface area contributed by atoms with Crippen LogP contribution in [0.2, 0.25) is 5.02 Å². The van der Waals surface area contributed by atoms with Crippen molar-refractivity contribution in [2.75, 3.05) is 13.7 Å². The number of carbonyl (C=O) groups is 1. The SMILES string of the molecule is COc1ccccc1CCNC(=O)CCn1ncc2c(Cl)cccc21. The first-order valence-electron chi connectivity index (χ1n) is 8.17. The molecular formula is C19H20ClN3O2. The first-order chi connectivity index (χ1) is 12.2. The van der Waals surface area contributed by atoms with Gasteiger partial charge in [0.05, 0.1) is 30.4 Å². The van der Waals surface area contributed by atoms with Crippen molar-refractivity contribution in [3.63, 3.8) is 0 Å². The summed E-state index contributed by atoms with van der Waals surface area (Å²) in [6.45, 7) is 1.09. The lowest BCUT2D eigenvalue weighted by molar-refractivity contribution is -0.121. The van der Waals surface area contributed by atoms with Crippen molar-refractivity contribution in [2.24, 2.45) is 0 Å². The van der Waals surface area contributed by atoms with E-state index in [4.69, 9.17) is 16.3 Å². The van der Waals surface area contributed by atoms with Crippen LogP contribution in [0.5, 0.6) is 5.75 Å². The molecule has 0 fully saturated rings. The van der Waals surface area contributed by atoms with Crippen LogP contribution < -0.4 is 10.1 Å². The third kappa shape index (κ3) is 4.12. The van der Waals surface area contributed by atoms with Crippen LogP contribution in [0.25, 0.3) is 10.9 Å². The fourth-order valence-corrected chi connectivity index (χ4v) is 3.01. The van der Waals surface area contributed by atoms with Crippen LogP contribution >= 0.6 is 11.6 Å². The van der Waals surface area contributed by atoms with E-state index in [0.29, 0.717) is 24.5 Å². The minimum absolute atomic E-state index is 0.000533. The van der Waals surface area contributed by atoms with Crippen molar-refractivity contribution in [1.82, 2.24) is 15.1 Å². The molecule has 5 nitrogen and oxygen atoms in total. The number of hydrogen-bond donors (Lipinski definition) is 1. The summed E-state index contributed by atoms with van der Waals surface area (Å²) in [5.41, 5.74) is 2.02. The van der Waals surface area contributed by atoms with Crippen molar-refractivity contribution in [1.29, 1.82) is 0 Å². The second kappa shape index (κ2) is 8.03. The lowest BCUT2D eigenvalue weighted by Crippen LogP contribution is -2.26. The number of benzene rings is 2. The van der Waals surface area contributed by atoms with Crippen molar-refractivity contribution in [3.05, 3.63) is 59.2 Å². The molecule has 1 heterocycles. The van der Waals surface area contributed by atoms with Crippen LogP contribution in [0.3, 0.4) is 0 Å². The monoisotopic (exact) mass is 357 g/mol. The van der Waals surface area contributed by atoms with Gasteiger partial charge in [-0.15, -0.1) is 0 Å². The fourth-order valence-electron chi connectivity index (χ4n) is 2.79. The number of aryl methyl sites for hydroxylation is 1. The van der Waals surface area contributed by atoms with Crippen LogP contribution in [-0.2, 0) is 17.8 Å². The Balaban J connectivity index is 1.50. The molecule has 0 atom stereocenters. The smallest absolute Gasteiger partial charge is 0.221 e. The van der Waals surface area contributed by atoms with E-state index >= 15 is 0 Å². The number of rotatable bonds is 7. The van der Waals surface area contributed by atoms with E-state index in [9.17, 15) is 4.79 Å². The molecule has 6 heteroatoms. The van der Waals surface area contributed by atoms with Crippen LogP contribution in [-0.4, -0.2) is 29.3 Å². The fraction of sp³-hybridized carbons (Fsp3) is 0.263. The molecule has 0 aliphatic rings. The number of ether oxygens (including phenoxy) is 1. The molecule has 0 unspecified atom stereocenters. The highest BCUT2D eigenvalue weighted by Crippen LogP contribution is 2.22. The molecule has 0 aliphatic heterocycles. The molecule has 2 aromatic carbocycles. The van der Waals surface area contributed by atoms with Gasteiger partial charge in [-0.1, -0.05) is 35.9 Å². The topological polar surface area (TPSA) is 56.1 Å². The predicted molar refractivity (Wildman–Crippen MR) is 99.1 cm³/mol. The van der Waals surface area contributed by atoms with Gasteiger partial charge >= 0.3 is 0 Å². The predicted octanol–water partition coefficient (Wildman–Crippen LogP) is 3.45. The van der Waals surface area contributed by atoms with Gasteiger partial charge in [0, 0.05) is 18.4 Å². The second-order valence-corrected chi connectivity index (χ2v) is 6.11. The zero-order chi connectivity index (χ0) is 17.6. The Morgan fingerprint density at radius 3 is 2.92 bits per heavy atom. The highest BCUT2D eigenvalue weighted by atomic mass is 35.5. The Labute approximate surface area is 151 Å². The lowest BCUT2D eigenvalue weighted by atomic mass is 10.1. The summed E-state index contributed by atoms with van der Waals surface area (Å²) in [5, 5.41) is 8.83. The van der Waals surface area contributed by atoms with Gasteiger partial charge < -0.3 is 10.1 Å². The van der Waals surface area contributed by atoms with E-state index in [-0.39, 0.29) is 5.91 Å². The Bertz CT molecular complexity index is 876. The molecule has 0 radical (unpaired) electrons. The highest BCUT2D eigenvalue weighted by Gasteiger charge is 2.08. The second-order valence-electron chi connectivity index (χ2n) is 5.70. The number of methoxy groups -OCH3 is 1. The molecule has 0 aliphatic carbocycles. The Morgan fingerprint density at radius 2 is 2.08 bits per heavy atom. The summed E-state index contributed by atoms with van der Waals surface area (Å²) >= 11 is 6.14. The summed E-state index contributed by atoms with van der Waals surface area (Å²) in [6, 6.07) is 13.5. The maximum Gasteiger partial charge on any atom is 0.221 e. The molecule has 0 saturated heterocycles. The van der Waals surface area contributed by atoms with E-state index in [2.05, 4.69) is 10.4 Å². The molecule has 0 bridgehead atoms. The largest absolute Gasteiger partial charge is 0.496 e. The van der Waals surface area contributed by atoms with E-state index < -0.39 is 0 Å². The number of carbonyl (C=O) groups excluding carboxylic acids is 1. The maximum absolute atomic E-state index is 12.1. The molecule has 0 spiro atoms. The molecule has 1 N–H and O–H groups in total. The molecular weight excluding hydrogens is 338 g/mol. The molecule has 1 amide bonds. The van der Waals surface area contributed by atoms with Crippen molar-refractivity contribution < 1.29 is 9.53 Å². The first kappa shape index (κ1) is 17.3. The maximum atomic E-state index is 12.1. The van der Waals surface area contributed by atoms with E-state index in [1.54, 1.807) is 18.0 Å². The standard InChI is InChI=1S/C19H20ClN3O2/c1-25-18-8-3-2-5-14(18)9-11-21-19(24)10-12-23-17-7-4-6-16(20)15(17)13-22-23/h2-8,13H,9-12H2,1H3,(H,21,24). The third-order valence-electron chi connectivity index (χ3n) is 4.09. The van der Waals surface area contributed by atoms with Gasteiger partial charge in [-0.3, -0.25) is 9.48 Å². The average Bonchev–Trinajstić information content (AvgIpc) is 3.05. The first-order valence-corrected chi connectivity index (χ1v) is 8.55. The minimum atomic E-state index is 0.000533.